The van der Waals surface area contributed by atoms with Crippen molar-refractivity contribution in [1.29, 1.82) is 0 Å². The van der Waals surface area contributed by atoms with E-state index in [2.05, 4.69) is 59.1 Å². The molecule has 0 saturated carbocycles. The zero-order valence-corrected chi connectivity index (χ0v) is 34.9. The van der Waals surface area contributed by atoms with E-state index >= 15 is 0 Å². The molecule has 7 heteroatoms. The van der Waals surface area contributed by atoms with Gasteiger partial charge in [-0.3, -0.25) is 0 Å². The molecule has 0 amide bonds. The van der Waals surface area contributed by atoms with Gasteiger partial charge in [0.1, 0.15) is 12.4 Å². The topological polar surface area (TPSA) is 57.6 Å². The molecule has 5 nitrogen and oxygen atoms in total. The highest BCUT2D eigenvalue weighted by Crippen LogP contribution is 2.31. The number of carbonyl (C=O) groups excluding carboxylic acids is 1. The summed E-state index contributed by atoms with van der Waals surface area (Å²) in [5, 5.41) is 0.380. The van der Waals surface area contributed by atoms with Gasteiger partial charge < -0.3 is 14.2 Å². The summed E-state index contributed by atoms with van der Waals surface area (Å²) in [6.07, 6.45) is 8.68. The van der Waals surface area contributed by atoms with Crippen molar-refractivity contribution in [2.24, 2.45) is 11.8 Å². The van der Waals surface area contributed by atoms with Crippen LogP contribution in [0.5, 0.6) is 5.88 Å². The van der Waals surface area contributed by atoms with Gasteiger partial charge >= 0.3 is 5.97 Å². The molecule has 0 N–H and O–H groups in total. The first-order valence-electron chi connectivity index (χ1n) is 19.4. The third-order valence-corrected chi connectivity index (χ3v) is 9.38. The highest BCUT2D eigenvalue weighted by molar-refractivity contribution is 6.30. The van der Waals surface area contributed by atoms with E-state index in [1.54, 1.807) is 19.1 Å². The Morgan fingerprint density at radius 1 is 1.02 bits per heavy atom. The van der Waals surface area contributed by atoms with Crippen LogP contribution < -0.4 is 4.74 Å². The lowest BCUT2D eigenvalue weighted by molar-refractivity contribution is -0.136. The van der Waals surface area contributed by atoms with Gasteiger partial charge in [0.15, 0.2) is 0 Å². The highest BCUT2D eigenvalue weighted by atomic mass is 35.5. The lowest BCUT2D eigenvalue weighted by Crippen LogP contribution is -2.25. The van der Waals surface area contributed by atoms with Crippen LogP contribution in [0.15, 0.2) is 66.7 Å². The number of benzene rings is 2. The molecule has 292 valence electrons. The summed E-state index contributed by atoms with van der Waals surface area (Å²) >= 11 is 5.82. The molecule has 1 aliphatic heterocycles. The average Bonchev–Trinajstić information content (AvgIpc) is 3.11. The van der Waals surface area contributed by atoms with Gasteiger partial charge in [0.05, 0.1) is 12.7 Å². The van der Waals surface area contributed by atoms with Gasteiger partial charge in [-0.15, -0.1) is 6.58 Å². The number of hydrogen-bond acceptors (Lipinski definition) is 5. The highest BCUT2D eigenvalue weighted by Gasteiger charge is 2.18. The number of halogens is 2. The Hall–Kier alpha value is -3.66. The van der Waals surface area contributed by atoms with Crippen molar-refractivity contribution in [2.75, 3.05) is 13.2 Å². The minimum absolute atomic E-state index is 0.132. The van der Waals surface area contributed by atoms with Crippen LogP contribution in [-0.2, 0) is 20.9 Å². The molecule has 0 spiro atoms. The summed E-state index contributed by atoms with van der Waals surface area (Å²) < 4.78 is 29.6. The molecular weight excluding hydrogens is 685 g/mol. The standard InChI is InChI=1S/C26H35ClFNO.C13H14O2.C5H10O.C2H6/c1-6-8-21(12-11-19(4)20(5)15-18(2)3)25-9-7-10-26(29-25)30-17-22-13-14-23(27)16-24(22)28;1-4-15-13(14)8-7-12-6-5-10(2)11(3)9-12;1-2-5-3-4-6-5;1-2/h7,9-10,13-14,16,19-21H,2,6,8,11-12,15,17H2,1,3-5H3;5-6,9H,4H2,1-3H3;5H,2-4H2,1H3;1-2H3. The zero-order valence-electron chi connectivity index (χ0n) is 34.1. The van der Waals surface area contributed by atoms with Crippen molar-refractivity contribution in [1.82, 2.24) is 4.98 Å². The van der Waals surface area contributed by atoms with Crippen LogP contribution in [0.4, 0.5) is 4.39 Å². The smallest absolute Gasteiger partial charge is 0.384 e. The SMILES string of the molecule is C=C(C)CC(C)C(C)CCC(CCC)c1cccc(OCc2ccc(Cl)cc2F)n1.CC.CCC1CCO1.CCOC(=O)C#Cc1ccc(C)c(C)c1. The van der Waals surface area contributed by atoms with E-state index in [1.807, 2.05) is 58.0 Å². The number of allylic oxidation sites excluding steroid dienone is 1. The molecule has 0 radical (unpaired) electrons. The monoisotopic (exact) mass is 749 g/mol. The summed E-state index contributed by atoms with van der Waals surface area (Å²) in [5.74, 6) is 6.60. The lowest BCUT2D eigenvalue weighted by Gasteiger charge is -2.24. The molecule has 4 unspecified atom stereocenters. The van der Waals surface area contributed by atoms with Crippen molar-refractivity contribution in [3.05, 3.63) is 106 Å². The molecule has 4 rings (SSSR count). The Balaban J connectivity index is 0.000000501. The number of aromatic nitrogens is 1. The van der Waals surface area contributed by atoms with Crippen molar-refractivity contribution in [2.45, 2.75) is 133 Å². The summed E-state index contributed by atoms with van der Waals surface area (Å²) in [7, 11) is 0. The maximum Gasteiger partial charge on any atom is 0.384 e. The largest absolute Gasteiger partial charge is 0.473 e. The maximum absolute atomic E-state index is 14.0. The van der Waals surface area contributed by atoms with Crippen LogP contribution in [0.2, 0.25) is 5.02 Å². The van der Waals surface area contributed by atoms with Crippen molar-refractivity contribution in [3.63, 3.8) is 0 Å². The first-order chi connectivity index (χ1) is 25.4. The van der Waals surface area contributed by atoms with Crippen molar-refractivity contribution < 1.29 is 23.4 Å². The molecule has 2 aromatic carbocycles. The second-order valence-corrected chi connectivity index (χ2v) is 14.0. The molecule has 1 saturated heterocycles. The van der Waals surface area contributed by atoms with E-state index in [-0.39, 0.29) is 12.4 Å². The minimum Gasteiger partial charge on any atom is -0.473 e. The molecule has 1 fully saturated rings. The average molecular weight is 750 g/mol. The van der Waals surface area contributed by atoms with Crippen LogP contribution in [0, 0.1) is 43.3 Å². The van der Waals surface area contributed by atoms with Crippen LogP contribution in [-0.4, -0.2) is 30.3 Å². The normalized spacial score (nSPS) is 14.4. The number of esters is 1. The molecule has 3 aromatic rings. The van der Waals surface area contributed by atoms with Crippen LogP contribution >= 0.6 is 11.6 Å². The molecule has 4 atom stereocenters. The Morgan fingerprint density at radius 2 is 1.74 bits per heavy atom. The van der Waals surface area contributed by atoms with E-state index in [4.69, 9.17) is 30.8 Å². The molecule has 0 aliphatic carbocycles. The molecule has 2 heterocycles. The number of pyridine rings is 1. The Labute approximate surface area is 326 Å². The number of rotatable bonds is 14. The molecule has 53 heavy (non-hydrogen) atoms. The third-order valence-electron chi connectivity index (χ3n) is 9.14. The van der Waals surface area contributed by atoms with E-state index in [1.165, 1.54) is 42.0 Å². The summed E-state index contributed by atoms with van der Waals surface area (Å²) in [6, 6.07) is 16.4. The predicted molar refractivity (Wildman–Crippen MR) is 220 cm³/mol. The van der Waals surface area contributed by atoms with Crippen LogP contribution in [0.1, 0.15) is 134 Å². The number of hydrogen-bond donors (Lipinski definition) is 0. The number of carbonyl (C=O) groups is 1. The molecule has 0 bridgehead atoms. The van der Waals surface area contributed by atoms with E-state index in [0.717, 1.165) is 43.5 Å². The first kappa shape index (κ1) is 47.4. The summed E-state index contributed by atoms with van der Waals surface area (Å²) in [5.41, 5.74) is 6.01. The predicted octanol–water partition coefficient (Wildman–Crippen LogP) is 12.8. The van der Waals surface area contributed by atoms with Gasteiger partial charge in [-0.25, -0.2) is 14.2 Å². The second kappa shape index (κ2) is 27.0. The third kappa shape index (κ3) is 19.3. The molecule has 1 aromatic heterocycles. The van der Waals surface area contributed by atoms with E-state index < -0.39 is 5.97 Å². The maximum atomic E-state index is 14.0. The quantitative estimate of drug-likeness (QED) is 0.0933. The van der Waals surface area contributed by atoms with Crippen molar-refractivity contribution in [3.8, 4) is 17.7 Å². The zero-order chi connectivity index (χ0) is 39.8. The Bertz CT molecular complexity index is 1570. The fraction of sp³-hybridized carbons (Fsp3) is 0.522. The Morgan fingerprint density at radius 3 is 2.28 bits per heavy atom. The summed E-state index contributed by atoms with van der Waals surface area (Å²) in [6.45, 7) is 26.5. The number of nitrogens with zero attached hydrogens (tertiary/aromatic N) is 1. The van der Waals surface area contributed by atoms with Crippen molar-refractivity contribution >= 4 is 17.6 Å². The fourth-order valence-electron chi connectivity index (χ4n) is 5.53. The fourth-order valence-corrected chi connectivity index (χ4v) is 5.69. The minimum atomic E-state index is -0.476. The number of aryl methyl sites for hydroxylation is 2. The van der Waals surface area contributed by atoms with E-state index in [9.17, 15) is 9.18 Å². The van der Waals surface area contributed by atoms with Crippen LogP contribution in [0.25, 0.3) is 0 Å². The molecule has 1 aliphatic rings. The number of ether oxygens (including phenoxy) is 3. The Kier molecular flexibility index (Phi) is 24.1. The lowest BCUT2D eigenvalue weighted by atomic mass is 9.83. The second-order valence-electron chi connectivity index (χ2n) is 13.6. The van der Waals surface area contributed by atoms with Gasteiger partial charge in [0, 0.05) is 46.4 Å². The first-order valence-corrected chi connectivity index (χ1v) is 19.8. The van der Waals surface area contributed by atoms with Gasteiger partial charge in [0.25, 0.3) is 0 Å². The van der Waals surface area contributed by atoms with Crippen LogP contribution in [0.3, 0.4) is 0 Å². The van der Waals surface area contributed by atoms with E-state index in [0.29, 0.717) is 46.9 Å². The van der Waals surface area contributed by atoms with Gasteiger partial charge in [-0.1, -0.05) is 89.3 Å². The summed E-state index contributed by atoms with van der Waals surface area (Å²) in [4.78, 5) is 15.7. The van der Waals surface area contributed by atoms with Gasteiger partial charge in [-0.2, -0.15) is 0 Å². The molecular formula is C46H65ClFNO4. The van der Waals surface area contributed by atoms with Gasteiger partial charge in [0.2, 0.25) is 5.88 Å². The van der Waals surface area contributed by atoms with Gasteiger partial charge in [-0.05, 0) is 120 Å².